The summed E-state index contributed by atoms with van der Waals surface area (Å²) in [5.41, 5.74) is 1.03. The molecule has 1 aliphatic carbocycles. The van der Waals surface area contributed by atoms with Gasteiger partial charge in [-0.3, -0.25) is 4.79 Å². The Balaban J connectivity index is 2.27. The Labute approximate surface area is 83.9 Å². The van der Waals surface area contributed by atoms with Gasteiger partial charge >= 0.3 is 5.97 Å². The highest BCUT2D eigenvalue weighted by atomic mass is 79.9. The summed E-state index contributed by atoms with van der Waals surface area (Å²) >= 11 is 3.34. The molecule has 0 aliphatic heterocycles. The van der Waals surface area contributed by atoms with Crippen LogP contribution in [0.3, 0.4) is 0 Å². The van der Waals surface area contributed by atoms with E-state index in [1.54, 1.807) is 6.26 Å². The van der Waals surface area contributed by atoms with Gasteiger partial charge in [0.25, 0.3) is 0 Å². The second kappa shape index (κ2) is 3.18. The summed E-state index contributed by atoms with van der Waals surface area (Å²) in [6, 6.07) is 0. The highest BCUT2D eigenvalue weighted by Gasteiger charge is 2.27. The average molecular weight is 245 g/mol. The molecule has 1 aliphatic rings. The van der Waals surface area contributed by atoms with Crippen LogP contribution in [0.5, 0.6) is 0 Å². The third-order valence-electron chi connectivity index (χ3n) is 2.45. The first-order valence-electron chi connectivity index (χ1n) is 4.16. The molecular weight excluding hydrogens is 236 g/mol. The Morgan fingerprint density at radius 2 is 2.46 bits per heavy atom. The molecule has 0 spiro atoms. The van der Waals surface area contributed by atoms with Crippen molar-refractivity contribution in [1.29, 1.82) is 0 Å². The molecule has 0 fully saturated rings. The van der Waals surface area contributed by atoms with E-state index in [1.807, 2.05) is 0 Å². The summed E-state index contributed by atoms with van der Waals surface area (Å²) in [6.45, 7) is 0. The lowest BCUT2D eigenvalue weighted by atomic mass is 9.88. The molecular formula is C9H9BrO3. The summed E-state index contributed by atoms with van der Waals surface area (Å²) in [5, 5.41) is 8.85. The Morgan fingerprint density at radius 3 is 3.15 bits per heavy atom. The van der Waals surface area contributed by atoms with Gasteiger partial charge in [-0.25, -0.2) is 0 Å². The molecule has 1 aromatic rings. The Bertz CT molecular complexity index is 343. The Morgan fingerprint density at radius 1 is 1.69 bits per heavy atom. The molecule has 1 heterocycles. The minimum atomic E-state index is -0.709. The smallest absolute Gasteiger partial charge is 0.306 e. The first-order chi connectivity index (χ1) is 6.18. The van der Waals surface area contributed by atoms with E-state index in [9.17, 15) is 4.79 Å². The molecule has 1 atom stereocenters. The second-order valence-corrected chi connectivity index (χ2v) is 4.12. The number of carboxylic acid groups (broad SMARTS) is 1. The predicted molar refractivity (Wildman–Crippen MR) is 49.6 cm³/mol. The Hall–Kier alpha value is -0.770. The van der Waals surface area contributed by atoms with E-state index in [2.05, 4.69) is 15.9 Å². The van der Waals surface area contributed by atoms with E-state index in [1.165, 1.54) is 0 Å². The molecule has 1 N–H and O–H groups in total. The fraction of sp³-hybridized carbons (Fsp3) is 0.444. The largest absolute Gasteiger partial charge is 0.481 e. The van der Waals surface area contributed by atoms with Gasteiger partial charge in [0.05, 0.1) is 10.4 Å². The van der Waals surface area contributed by atoms with Crippen LogP contribution in [0.25, 0.3) is 0 Å². The molecule has 3 nitrogen and oxygen atoms in total. The fourth-order valence-corrected chi connectivity index (χ4v) is 2.16. The van der Waals surface area contributed by atoms with Crippen molar-refractivity contribution in [3.05, 3.63) is 22.1 Å². The van der Waals surface area contributed by atoms with Gasteiger partial charge in [-0.2, -0.15) is 0 Å². The number of halogens is 1. The van der Waals surface area contributed by atoms with Crippen LogP contribution < -0.4 is 0 Å². The number of hydrogen-bond donors (Lipinski definition) is 1. The van der Waals surface area contributed by atoms with Crippen molar-refractivity contribution >= 4 is 21.9 Å². The van der Waals surface area contributed by atoms with Crippen LogP contribution in [0.2, 0.25) is 0 Å². The van der Waals surface area contributed by atoms with Crippen LogP contribution in [-0.2, 0) is 17.6 Å². The lowest BCUT2D eigenvalue weighted by Crippen LogP contribution is -2.21. The lowest BCUT2D eigenvalue weighted by molar-refractivity contribution is -0.142. The molecule has 1 unspecified atom stereocenters. The minimum Gasteiger partial charge on any atom is -0.481 e. The summed E-state index contributed by atoms with van der Waals surface area (Å²) in [6.07, 6.45) is 3.64. The van der Waals surface area contributed by atoms with Crippen molar-refractivity contribution in [1.82, 2.24) is 0 Å². The number of carboxylic acids is 1. The highest BCUT2D eigenvalue weighted by Crippen LogP contribution is 2.32. The molecule has 4 heteroatoms. The van der Waals surface area contributed by atoms with Gasteiger partial charge < -0.3 is 9.52 Å². The van der Waals surface area contributed by atoms with Crippen LogP contribution in [0.1, 0.15) is 17.7 Å². The number of furan rings is 1. The summed E-state index contributed by atoms with van der Waals surface area (Å²) < 4.78 is 6.17. The normalized spacial score (nSPS) is 21.2. The maximum absolute atomic E-state index is 10.8. The first kappa shape index (κ1) is 8.81. The zero-order valence-electron chi connectivity index (χ0n) is 6.92. The van der Waals surface area contributed by atoms with Crippen molar-refractivity contribution in [2.24, 2.45) is 5.92 Å². The van der Waals surface area contributed by atoms with Crippen molar-refractivity contribution in [2.75, 3.05) is 0 Å². The number of hydrogen-bond acceptors (Lipinski definition) is 2. The summed E-state index contributed by atoms with van der Waals surface area (Å²) in [5.74, 6) is -0.0236. The third kappa shape index (κ3) is 1.50. The van der Waals surface area contributed by atoms with Crippen LogP contribution in [0.15, 0.2) is 15.2 Å². The molecule has 0 amide bonds. The molecule has 0 radical (unpaired) electrons. The SMILES string of the molecule is O=C(O)C1CCc2occ(Br)c2C1. The van der Waals surface area contributed by atoms with Crippen LogP contribution in [-0.4, -0.2) is 11.1 Å². The zero-order chi connectivity index (χ0) is 9.42. The van der Waals surface area contributed by atoms with Gasteiger partial charge in [0, 0.05) is 12.0 Å². The van der Waals surface area contributed by atoms with E-state index in [-0.39, 0.29) is 5.92 Å². The molecule has 13 heavy (non-hydrogen) atoms. The summed E-state index contributed by atoms with van der Waals surface area (Å²) in [4.78, 5) is 10.8. The molecule has 0 saturated carbocycles. The standard InChI is InChI=1S/C9H9BrO3/c10-7-4-13-8-2-1-5(9(11)12)3-6(7)8/h4-5H,1-3H2,(H,11,12). The van der Waals surface area contributed by atoms with Crippen LogP contribution in [0, 0.1) is 5.92 Å². The maximum atomic E-state index is 10.8. The number of aryl methyl sites for hydroxylation is 1. The first-order valence-corrected chi connectivity index (χ1v) is 4.95. The van der Waals surface area contributed by atoms with Crippen molar-refractivity contribution in [3.8, 4) is 0 Å². The summed E-state index contributed by atoms with van der Waals surface area (Å²) in [7, 11) is 0. The van der Waals surface area contributed by atoms with Gasteiger partial charge in [0.15, 0.2) is 0 Å². The van der Waals surface area contributed by atoms with Crippen LogP contribution in [0.4, 0.5) is 0 Å². The molecule has 70 valence electrons. The topological polar surface area (TPSA) is 50.4 Å². The van der Waals surface area contributed by atoms with E-state index < -0.39 is 5.97 Å². The van der Waals surface area contributed by atoms with Gasteiger partial charge in [-0.1, -0.05) is 0 Å². The third-order valence-corrected chi connectivity index (χ3v) is 3.11. The van der Waals surface area contributed by atoms with E-state index >= 15 is 0 Å². The quantitative estimate of drug-likeness (QED) is 0.825. The second-order valence-electron chi connectivity index (χ2n) is 3.26. The fourth-order valence-electron chi connectivity index (χ4n) is 1.68. The Kier molecular flexibility index (Phi) is 2.15. The zero-order valence-corrected chi connectivity index (χ0v) is 8.50. The average Bonchev–Trinajstić information content (AvgIpc) is 2.47. The van der Waals surface area contributed by atoms with Gasteiger partial charge in [-0.15, -0.1) is 0 Å². The van der Waals surface area contributed by atoms with Gasteiger partial charge in [-0.05, 0) is 28.8 Å². The van der Waals surface area contributed by atoms with Crippen molar-refractivity contribution < 1.29 is 14.3 Å². The number of aliphatic carboxylic acids is 1. The number of carbonyl (C=O) groups is 1. The van der Waals surface area contributed by atoms with E-state index in [0.29, 0.717) is 12.8 Å². The molecule has 2 rings (SSSR count). The number of rotatable bonds is 1. The van der Waals surface area contributed by atoms with Gasteiger partial charge in [0.1, 0.15) is 12.0 Å². The predicted octanol–water partition coefficient (Wildman–Crippen LogP) is 2.23. The molecule has 1 aromatic heterocycles. The molecule has 0 saturated heterocycles. The van der Waals surface area contributed by atoms with E-state index in [0.717, 1.165) is 22.2 Å². The van der Waals surface area contributed by atoms with Crippen molar-refractivity contribution in [2.45, 2.75) is 19.3 Å². The van der Waals surface area contributed by atoms with Crippen LogP contribution >= 0.6 is 15.9 Å². The monoisotopic (exact) mass is 244 g/mol. The molecule has 0 bridgehead atoms. The highest BCUT2D eigenvalue weighted by molar-refractivity contribution is 9.10. The number of fused-ring (bicyclic) bond motifs is 1. The van der Waals surface area contributed by atoms with E-state index in [4.69, 9.17) is 9.52 Å². The van der Waals surface area contributed by atoms with Gasteiger partial charge in [0.2, 0.25) is 0 Å². The minimum absolute atomic E-state index is 0.249. The molecule has 0 aromatic carbocycles. The maximum Gasteiger partial charge on any atom is 0.306 e. The van der Waals surface area contributed by atoms with Crippen molar-refractivity contribution in [3.63, 3.8) is 0 Å². The lowest BCUT2D eigenvalue weighted by Gasteiger charge is -2.17.